The third-order valence-corrected chi connectivity index (χ3v) is 2.99. The van der Waals surface area contributed by atoms with Gasteiger partial charge in [-0.25, -0.2) is 13.8 Å². The monoisotopic (exact) mass is 279 g/mol. The molecule has 2 aromatic rings. The van der Waals surface area contributed by atoms with Crippen LogP contribution < -0.4 is 16.0 Å². The quantitative estimate of drug-likeness (QED) is 0.650. The highest BCUT2D eigenvalue weighted by molar-refractivity contribution is 5.25. The normalized spacial score (nSPS) is 12.2. The summed E-state index contributed by atoms with van der Waals surface area (Å²) in [4.78, 5) is 4.08. The van der Waals surface area contributed by atoms with E-state index in [1.807, 2.05) is 6.07 Å². The molecule has 4 nitrogen and oxygen atoms in total. The molecule has 20 heavy (non-hydrogen) atoms. The van der Waals surface area contributed by atoms with Crippen LogP contribution in [-0.4, -0.2) is 12.1 Å². The summed E-state index contributed by atoms with van der Waals surface area (Å²) in [7, 11) is 1.54. The Morgan fingerprint density at radius 3 is 2.60 bits per heavy atom. The van der Waals surface area contributed by atoms with Crippen molar-refractivity contribution in [3.05, 3.63) is 59.3 Å². The summed E-state index contributed by atoms with van der Waals surface area (Å²) in [5.74, 6) is 4.23. The molecule has 0 saturated heterocycles. The molecule has 1 atom stereocenters. The molecule has 0 bridgehead atoms. The molecule has 0 aliphatic rings. The summed E-state index contributed by atoms with van der Waals surface area (Å²) >= 11 is 0. The number of hydrogen-bond donors (Lipinski definition) is 2. The van der Waals surface area contributed by atoms with E-state index in [0.29, 0.717) is 17.9 Å². The van der Waals surface area contributed by atoms with Gasteiger partial charge in [0.1, 0.15) is 0 Å². The molecule has 0 amide bonds. The summed E-state index contributed by atoms with van der Waals surface area (Å²) in [6.45, 7) is 0. The van der Waals surface area contributed by atoms with E-state index in [9.17, 15) is 8.78 Å². The molecule has 3 N–H and O–H groups in total. The molecule has 1 heterocycles. The van der Waals surface area contributed by atoms with Gasteiger partial charge >= 0.3 is 0 Å². The van der Waals surface area contributed by atoms with Crippen molar-refractivity contribution in [2.24, 2.45) is 5.84 Å². The van der Waals surface area contributed by atoms with E-state index in [2.05, 4.69) is 10.4 Å². The fraction of sp³-hybridized carbons (Fsp3) is 0.214. The Bertz CT molecular complexity index is 575. The second kappa shape index (κ2) is 6.40. The minimum atomic E-state index is -0.893. The number of aromatic nitrogens is 1. The molecular weight excluding hydrogens is 264 g/mol. The molecule has 0 aliphatic carbocycles. The largest absolute Gasteiger partial charge is 0.481 e. The minimum absolute atomic E-state index is 0.333. The smallest absolute Gasteiger partial charge is 0.212 e. The molecule has 0 spiro atoms. The Morgan fingerprint density at radius 2 is 2.05 bits per heavy atom. The standard InChI is InChI=1S/C14H15F2N3O/c1-20-14-5-2-9(8-18-14)6-13(19-17)10-3-4-11(15)12(16)7-10/h2-5,7-8,13,19H,6,17H2,1H3. The third kappa shape index (κ3) is 3.28. The molecule has 106 valence electrons. The van der Waals surface area contributed by atoms with E-state index in [-0.39, 0.29) is 6.04 Å². The van der Waals surface area contributed by atoms with Crippen LogP contribution in [0.3, 0.4) is 0 Å². The maximum absolute atomic E-state index is 13.2. The van der Waals surface area contributed by atoms with Gasteiger partial charge in [-0.15, -0.1) is 0 Å². The Labute approximate surface area is 115 Å². The van der Waals surface area contributed by atoms with E-state index >= 15 is 0 Å². The van der Waals surface area contributed by atoms with Crippen LogP contribution in [0.4, 0.5) is 8.78 Å². The predicted octanol–water partition coefficient (Wildman–Crippen LogP) is 2.12. The van der Waals surface area contributed by atoms with E-state index in [1.54, 1.807) is 12.3 Å². The van der Waals surface area contributed by atoms with Crippen molar-refractivity contribution >= 4 is 0 Å². The lowest BCUT2D eigenvalue weighted by Crippen LogP contribution is -2.29. The minimum Gasteiger partial charge on any atom is -0.481 e. The maximum Gasteiger partial charge on any atom is 0.212 e. The summed E-state index contributed by atoms with van der Waals surface area (Å²) < 4.78 is 31.1. The number of ether oxygens (including phenoxy) is 1. The molecular formula is C14H15F2N3O. The highest BCUT2D eigenvalue weighted by Crippen LogP contribution is 2.20. The van der Waals surface area contributed by atoms with Crippen LogP contribution in [0, 0.1) is 11.6 Å². The first kappa shape index (κ1) is 14.4. The topological polar surface area (TPSA) is 60.2 Å². The first-order chi connectivity index (χ1) is 9.63. The molecule has 0 radical (unpaired) electrons. The molecule has 2 rings (SSSR count). The van der Waals surface area contributed by atoms with Crippen molar-refractivity contribution in [3.63, 3.8) is 0 Å². The number of hydrazine groups is 1. The van der Waals surface area contributed by atoms with Gasteiger partial charge < -0.3 is 4.74 Å². The number of nitrogens with zero attached hydrogens (tertiary/aromatic N) is 1. The number of methoxy groups -OCH3 is 1. The van der Waals surface area contributed by atoms with Crippen LogP contribution in [0.15, 0.2) is 36.5 Å². The highest BCUT2D eigenvalue weighted by Gasteiger charge is 2.13. The average Bonchev–Trinajstić information content (AvgIpc) is 2.48. The lowest BCUT2D eigenvalue weighted by Gasteiger charge is -2.16. The van der Waals surface area contributed by atoms with E-state index < -0.39 is 11.6 Å². The number of hydrogen-bond acceptors (Lipinski definition) is 4. The van der Waals surface area contributed by atoms with Crippen LogP contribution in [0.5, 0.6) is 5.88 Å². The van der Waals surface area contributed by atoms with Gasteiger partial charge in [-0.3, -0.25) is 11.3 Å². The molecule has 0 fully saturated rings. The van der Waals surface area contributed by atoms with Crippen molar-refractivity contribution in [2.45, 2.75) is 12.5 Å². The summed E-state index contributed by atoms with van der Waals surface area (Å²) in [5.41, 5.74) is 4.07. The van der Waals surface area contributed by atoms with Crippen molar-refractivity contribution in [3.8, 4) is 5.88 Å². The second-order valence-electron chi connectivity index (χ2n) is 4.31. The average molecular weight is 279 g/mol. The Hall–Kier alpha value is -2.05. The van der Waals surface area contributed by atoms with E-state index in [4.69, 9.17) is 10.6 Å². The summed E-state index contributed by atoms with van der Waals surface area (Å²) in [6, 6.07) is 6.96. The van der Waals surface area contributed by atoms with Crippen LogP contribution in [-0.2, 0) is 6.42 Å². The summed E-state index contributed by atoms with van der Waals surface area (Å²) in [5, 5.41) is 0. The van der Waals surface area contributed by atoms with Gasteiger partial charge in [-0.1, -0.05) is 12.1 Å². The zero-order valence-electron chi connectivity index (χ0n) is 10.9. The van der Waals surface area contributed by atoms with Gasteiger partial charge in [0, 0.05) is 12.3 Å². The Kier molecular flexibility index (Phi) is 4.60. The van der Waals surface area contributed by atoms with Gasteiger partial charge in [0.25, 0.3) is 0 Å². The summed E-state index contributed by atoms with van der Waals surface area (Å²) in [6.07, 6.45) is 2.15. The van der Waals surface area contributed by atoms with Crippen LogP contribution >= 0.6 is 0 Å². The highest BCUT2D eigenvalue weighted by atomic mass is 19.2. The number of rotatable bonds is 5. The first-order valence-corrected chi connectivity index (χ1v) is 6.04. The molecule has 1 unspecified atom stereocenters. The fourth-order valence-corrected chi connectivity index (χ4v) is 1.89. The Balaban J connectivity index is 2.16. The molecule has 0 saturated carbocycles. The number of benzene rings is 1. The van der Waals surface area contributed by atoms with Gasteiger partial charge in [0.2, 0.25) is 5.88 Å². The maximum atomic E-state index is 13.2. The van der Waals surface area contributed by atoms with E-state index in [0.717, 1.165) is 17.7 Å². The molecule has 6 heteroatoms. The second-order valence-corrected chi connectivity index (χ2v) is 4.31. The number of nitrogens with one attached hydrogen (secondary N) is 1. The van der Waals surface area contributed by atoms with Gasteiger partial charge in [-0.05, 0) is 29.7 Å². The number of nitrogens with two attached hydrogens (primary N) is 1. The fourth-order valence-electron chi connectivity index (χ4n) is 1.89. The SMILES string of the molecule is COc1ccc(CC(NN)c2ccc(F)c(F)c2)cn1. The van der Waals surface area contributed by atoms with Crippen LogP contribution in [0.1, 0.15) is 17.2 Å². The van der Waals surface area contributed by atoms with E-state index in [1.165, 1.54) is 13.2 Å². The van der Waals surface area contributed by atoms with Crippen molar-refractivity contribution < 1.29 is 13.5 Å². The van der Waals surface area contributed by atoms with Crippen molar-refractivity contribution in [1.29, 1.82) is 0 Å². The predicted molar refractivity (Wildman–Crippen MR) is 70.9 cm³/mol. The molecule has 0 aliphatic heterocycles. The van der Waals surface area contributed by atoms with Gasteiger partial charge in [-0.2, -0.15) is 0 Å². The third-order valence-electron chi connectivity index (χ3n) is 2.99. The van der Waals surface area contributed by atoms with Gasteiger partial charge in [0.05, 0.1) is 13.2 Å². The van der Waals surface area contributed by atoms with Crippen LogP contribution in [0.2, 0.25) is 0 Å². The molecule has 1 aromatic heterocycles. The number of halogens is 2. The lowest BCUT2D eigenvalue weighted by molar-refractivity contribution is 0.397. The lowest BCUT2D eigenvalue weighted by atomic mass is 10.0. The Morgan fingerprint density at radius 1 is 1.25 bits per heavy atom. The zero-order chi connectivity index (χ0) is 14.5. The molecule has 1 aromatic carbocycles. The van der Waals surface area contributed by atoms with Crippen molar-refractivity contribution in [1.82, 2.24) is 10.4 Å². The number of pyridine rings is 1. The van der Waals surface area contributed by atoms with Gasteiger partial charge in [0.15, 0.2) is 11.6 Å². The first-order valence-electron chi connectivity index (χ1n) is 6.04. The van der Waals surface area contributed by atoms with Crippen LogP contribution in [0.25, 0.3) is 0 Å². The van der Waals surface area contributed by atoms with Crippen molar-refractivity contribution in [2.75, 3.05) is 7.11 Å². The zero-order valence-corrected chi connectivity index (χ0v) is 10.9.